The number of fused-ring (bicyclic) bond motifs is 4. The van der Waals surface area contributed by atoms with Crippen LogP contribution in [0.25, 0.3) is 0 Å². The average molecular weight is 455 g/mol. The summed E-state index contributed by atoms with van der Waals surface area (Å²) in [7, 11) is 0. The number of ketones is 1. The van der Waals surface area contributed by atoms with Crippen molar-refractivity contribution in [3.63, 3.8) is 0 Å². The maximum Gasteiger partial charge on any atom is 0.274 e. The van der Waals surface area contributed by atoms with Crippen molar-refractivity contribution in [2.45, 2.75) is 37.9 Å². The first-order valence-corrected chi connectivity index (χ1v) is 10.2. The molecule has 0 saturated carbocycles. The number of hydrogen-bond acceptors (Lipinski definition) is 5. The summed E-state index contributed by atoms with van der Waals surface area (Å²) in [4.78, 5) is 41.0. The number of aliphatic hydroxyl groups excluding tert-OH is 1. The van der Waals surface area contributed by atoms with Gasteiger partial charge in [-0.1, -0.05) is 0 Å². The molecule has 3 aliphatic heterocycles. The van der Waals surface area contributed by atoms with Crippen LogP contribution in [-0.2, 0) is 20.9 Å². The van der Waals surface area contributed by atoms with Gasteiger partial charge in [-0.15, -0.1) is 0 Å². The Morgan fingerprint density at radius 3 is 2.44 bits per heavy atom. The van der Waals surface area contributed by atoms with E-state index >= 15 is 0 Å². The maximum atomic E-state index is 13.8. The van der Waals surface area contributed by atoms with Gasteiger partial charge in [0.1, 0.15) is 35.7 Å². The van der Waals surface area contributed by atoms with E-state index in [9.17, 15) is 37.1 Å². The van der Waals surface area contributed by atoms with Gasteiger partial charge in [0.05, 0.1) is 6.04 Å². The molecule has 172 valence electrons. The van der Waals surface area contributed by atoms with Crippen molar-refractivity contribution in [3.05, 3.63) is 46.6 Å². The summed E-state index contributed by atoms with van der Waals surface area (Å²) < 4.78 is 54.1. The number of nitrogens with zero attached hydrogens (tertiary/aromatic N) is 2. The van der Waals surface area contributed by atoms with Gasteiger partial charge >= 0.3 is 0 Å². The molecule has 0 aliphatic carbocycles. The molecule has 2 saturated heterocycles. The standard InChI is InChI=1S/C21H21F4N3O4/c22-6-11-2-1-3-12-8-28(11)21(32)17-19(30)18(29)14(9-27(12)17)20(31)26-7-13-15(24)4-10(23)5-16(13)25/h4-5,11-12,14,30H,1-3,6-9H2,(H,26,31). The first kappa shape index (κ1) is 22.1. The third kappa shape index (κ3) is 3.69. The number of rotatable bonds is 4. The summed E-state index contributed by atoms with van der Waals surface area (Å²) >= 11 is 0. The number of benzene rings is 1. The van der Waals surface area contributed by atoms with Gasteiger partial charge in [-0.2, -0.15) is 0 Å². The van der Waals surface area contributed by atoms with E-state index in [1.807, 2.05) is 0 Å². The summed E-state index contributed by atoms with van der Waals surface area (Å²) in [5.74, 6) is -8.34. The SMILES string of the molecule is O=C(NCc1c(F)cc(F)cc1F)C1CN2C(=C(O)C1=O)C(=O)N1CC2CCCC1CF. The molecule has 3 atom stereocenters. The van der Waals surface area contributed by atoms with Crippen LogP contribution < -0.4 is 5.32 Å². The van der Waals surface area contributed by atoms with Crippen LogP contribution in [-0.4, -0.2) is 64.4 Å². The molecule has 1 aromatic carbocycles. The third-order valence-corrected chi connectivity index (χ3v) is 6.31. The predicted octanol–water partition coefficient (Wildman–Crippen LogP) is 1.72. The Morgan fingerprint density at radius 2 is 1.78 bits per heavy atom. The van der Waals surface area contributed by atoms with Crippen LogP contribution in [0.15, 0.2) is 23.6 Å². The molecule has 0 spiro atoms. The summed E-state index contributed by atoms with van der Waals surface area (Å²) in [6, 6.07) is 0.00115. The van der Waals surface area contributed by atoms with E-state index in [1.54, 1.807) is 0 Å². The molecule has 3 unspecified atom stereocenters. The lowest BCUT2D eigenvalue weighted by Gasteiger charge is -2.46. The fourth-order valence-corrected chi connectivity index (χ4v) is 4.60. The Hall–Kier alpha value is -3.11. The number of halogens is 4. The second kappa shape index (κ2) is 8.44. The quantitative estimate of drug-likeness (QED) is 0.533. The van der Waals surface area contributed by atoms with E-state index < -0.39 is 71.6 Å². The highest BCUT2D eigenvalue weighted by Crippen LogP contribution is 2.35. The van der Waals surface area contributed by atoms with Crippen molar-refractivity contribution < 1.29 is 37.1 Å². The Bertz CT molecular complexity index is 992. The van der Waals surface area contributed by atoms with Crippen LogP contribution in [0.2, 0.25) is 0 Å². The fourth-order valence-electron chi connectivity index (χ4n) is 4.60. The Labute approximate surface area is 180 Å². The van der Waals surface area contributed by atoms with Crippen molar-refractivity contribution >= 4 is 17.6 Å². The van der Waals surface area contributed by atoms with Crippen molar-refractivity contribution in [3.8, 4) is 0 Å². The van der Waals surface area contributed by atoms with Crippen LogP contribution >= 0.6 is 0 Å². The topological polar surface area (TPSA) is 90.0 Å². The van der Waals surface area contributed by atoms with Gasteiger partial charge in [0.15, 0.2) is 5.76 Å². The van der Waals surface area contributed by atoms with Crippen LogP contribution in [0.3, 0.4) is 0 Å². The van der Waals surface area contributed by atoms with E-state index in [1.165, 1.54) is 9.80 Å². The number of alkyl halides is 1. The molecule has 32 heavy (non-hydrogen) atoms. The zero-order valence-corrected chi connectivity index (χ0v) is 16.9. The molecule has 2 bridgehead atoms. The van der Waals surface area contributed by atoms with E-state index in [4.69, 9.17) is 0 Å². The van der Waals surface area contributed by atoms with Crippen LogP contribution in [0.5, 0.6) is 0 Å². The van der Waals surface area contributed by atoms with Crippen LogP contribution in [0.4, 0.5) is 17.6 Å². The summed E-state index contributed by atoms with van der Waals surface area (Å²) in [5.41, 5.74) is -0.820. The minimum absolute atomic E-state index is 0.205. The number of carbonyl (C=O) groups excluding carboxylic acids is 3. The normalized spacial score (nSPS) is 25.6. The highest BCUT2D eigenvalue weighted by atomic mass is 19.1. The first-order chi connectivity index (χ1) is 15.2. The van der Waals surface area contributed by atoms with E-state index in [0.717, 1.165) is 0 Å². The lowest BCUT2D eigenvalue weighted by molar-refractivity contribution is -0.143. The zero-order chi connectivity index (χ0) is 23.2. The molecular formula is C21H21F4N3O4. The molecule has 3 heterocycles. The minimum Gasteiger partial charge on any atom is -0.503 e. The Kier molecular flexibility index (Phi) is 5.83. The molecule has 0 aromatic heterocycles. The average Bonchev–Trinajstić information content (AvgIpc) is 2.93. The molecule has 2 fully saturated rings. The third-order valence-electron chi connectivity index (χ3n) is 6.31. The zero-order valence-electron chi connectivity index (χ0n) is 16.9. The van der Waals surface area contributed by atoms with Gasteiger partial charge < -0.3 is 20.2 Å². The molecule has 0 radical (unpaired) electrons. The van der Waals surface area contributed by atoms with E-state index in [2.05, 4.69) is 5.32 Å². The fraction of sp³-hybridized carbons (Fsp3) is 0.476. The number of piperazine rings is 1. The number of allylic oxidation sites excluding steroid dienone is 1. The second-order valence-electron chi connectivity index (χ2n) is 8.18. The molecule has 3 aliphatic rings. The van der Waals surface area contributed by atoms with Gasteiger partial charge in [0.2, 0.25) is 11.7 Å². The number of amides is 2. The number of Topliss-reactive ketones (excluding diaryl/α,β-unsaturated/α-hetero) is 1. The number of hydrogen-bond donors (Lipinski definition) is 2. The van der Waals surface area contributed by atoms with E-state index in [0.29, 0.717) is 31.4 Å². The lowest BCUT2D eigenvalue weighted by Crippen LogP contribution is -2.61. The lowest BCUT2D eigenvalue weighted by atomic mass is 9.91. The minimum atomic E-state index is -1.41. The Balaban J connectivity index is 1.56. The molecule has 11 heteroatoms. The van der Waals surface area contributed by atoms with Gasteiger partial charge in [0.25, 0.3) is 5.91 Å². The summed E-state index contributed by atoms with van der Waals surface area (Å²) in [6.07, 6.45) is 1.65. The highest BCUT2D eigenvalue weighted by Gasteiger charge is 2.49. The molecule has 1 aromatic rings. The molecule has 4 rings (SSSR count). The van der Waals surface area contributed by atoms with Gasteiger partial charge in [-0.05, 0) is 19.3 Å². The first-order valence-electron chi connectivity index (χ1n) is 10.2. The van der Waals surface area contributed by atoms with Crippen molar-refractivity contribution in [1.82, 2.24) is 15.1 Å². The smallest absolute Gasteiger partial charge is 0.274 e. The number of aliphatic hydroxyl groups is 1. The van der Waals surface area contributed by atoms with Gasteiger partial charge in [-0.3, -0.25) is 14.4 Å². The number of nitrogens with one attached hydrogen (secondary N) is 1. The summed E-state index contributed by atoms with van der Waals surface area (Å²) in [5, 5.41) is 12.7. The molecule has 7 nitrogen and oxygen atoms in total. The maximum absolute atomic E-state index is 13.8. The second-order valence-corrected chi connectivity index (χ2v) is 8.18. The van der Waals surface area contributed by atoms with Crippen molar-refractivity contribution in [2.75, 3.05) is 19.8 Å². The van der Waals surface area contributed by atoms with E-state index in [-0.39, 0.29) is 24.8 Å². The van der Waals surface area contributed by atoms with Gasteiger partial charge in [0, 0.05) is 43.4 Å². The largest absolute Gasteiger partial charge is 0.503 e. The molecule has 2 amide bonds. The van der Waals surface area contributed by atoms with Crippen molar-refractivity contribution in [1.29, 1.82) is 0 Å². The van der Waals surface area contributed by atoms with Crippen LogP contribution in [0.1, 0.15) is 24.8 Å². The molecule has 2 N–H and O–H groups in total. The summed E-state index contributed by atoms with van der Waals surface area (Å²) in [6.45, 7) is -1.37. The van der Waals surface area contributed by atoms with Crippen molar-refractivity contribution in [2.24, 2.45) is 5.92 Å². The van der Waals surface area contributed by atoms with Crippen LogP contribution in [0, 0.1) is 23.4 Å². The number of carbonyl (C=O) groups is 3. The Morgan fingerprint density at radius 1 is 1.09 bits per heavy atom. The molecular weight excluding hydrogens is 434 g/mol. The highest BCUT2D eigenvalue weighted by molar-refractivity contribution is 6.13. The van der Waals surface area contributed by atoms with Gasteiger partial charge in [-0.25, -0.2) is 17.6 Å². The monoisotopic (exact) mass is 455 g/mol. The predicted molar refractivity (Wildman–Crippen MR) is 102 cm³/mol.